The van der Waals surface area contributed by atoms with Crippen LogP contribution in [0.2, 0.25) is 0 Å². The van der Waals surface area contributed by atoms with E-state index in [-0.39, 0.29) is 0 Å². The van der Waals surface area contributed by atoms with E-state index in [1.165, 1.54) is 26.0 Å². The summed E-state index contributed by atoms with van der Waals surface area (Å²) in [5.41, 5.74) is 4.26. The molecule has 0 fully saturated rings. The molecule has 0 aliphatic carbocycles. The molecule has 168 valence electrons. The molecule has 2 atom stereocenters. The standard InChI is InChI=1S/C20H24FN3O6S/c1-4-29-15-9-11-16(12-10-15)30-14(3)20(26)23-22-19(25)13(2)24-31(27,28)18-8-6-5-7-17(18)21/h5-14,24H,4H2,1-3H3,(H,22,25)(H,23,26)/t13-,14?/m0/s1. The summed E-state index contributed by atoms with van der Waals surface area (Å²) in [5, 5.41) is 0. The largest absolute Gasteiger partial charge is 0.494 e. The van der Waals surface area contributed by atoms with Gasteiger partial charge in [-0.25, -0.2) is 12.8 Å². The minimum Gasteiger partial charge on any atom is -0.494 e. The molecule has 0 heterocycles. The van der Waals surface area contributed by atoms with Crippen LogP contribution >= 0.6 is 0 Å². The van der Waals surface area contributed by atoms with Gasteiger partial charge in [-0.05, 0) is 57.2 Å². The van der Waals surface area contributed by atoms with Crippen molar-refractivity contribution in [1.82, 2.24) is 15.6 Å². The number of hydrazine groups is 1. The molecule has 2 amide bonds. The number of sulfonamides is 1. The minimum atomic E-state index is -4.27. The van der Waals surface area contributed by atoms with Crippen molar-refractivity contribution in [2.24, 2.45) is 0 Å². The Morgan fingerprint density at radius 3 is 2.16 bits per heavy atom. The number of nitrogens with one attached hydrogen (secondary N) is 3. The zero-order chi connectivity index (χ0) is 23.0. The minimum absolute atomic E-state index is 0.420. The van der Waals surface area contributed by atoms with E-state index in [1.54, 1.807) is 24.3 Å². The van der Waals surface area contributed by atoms with E-state index in [0.29, 0.717) is 18.1 Å². The number of carbonyl (C=O) groups is 2. The summed E-state index contributed by atoms with van der Waals surface area (Å²) in [6, 6.07) is 10.1. The summed E-state index contributed by atoms with van der Waals surface area (Å²) in [6.45, 7) is 5.10. The third-order valence-corrected chi connectivity index (χ3v) is 5.55. The van der Waals surface area contributed by atoms with Gasteiger partial charge in [0, 0.05) is 0 Å². The van der Waals surface area contributed by atoms with Crippen LogP contribution in [-0.4, -0.2) is 39.0 Å². The fourth-order valence-corrected chi connectivity index (χ4v) is 3.67. The van der Waals surface area contributed by atoms with Crippen LogP contribution in [0.5, 0.6) is 11.5 Å². The second-order valence-electron chi connectivity index (χ2n) is 6.42. The highest BCUT2D eigenvalue weighted by Crippen LogP contribution is 2.18. The van der Waals surface area contributed by atoms with Crippen molar-refractivity contribution in [1.29, 1.82) is 0 Å². The number of benzene rings is 2. The fraction of sp³-hybridized carbons (Fsp3) is 0.300. The lowest BCUT2D eigenvalue weighted by atomic mass is 10.3. The predicted octanol–water partition coefficient (Wildman–Crippen LogP) is 1.51. The summed E-state index contributed by atoms with van der Waals surface area (Å²) < 4.78 is 51.0. The lowest BCUT2D eigenvalue weighted by molar-refractivity contribution is -0.133. The van der Waals surface area contributed by atoms with Crippen LogP contribution < -0.4 is 25.0 Å². The van der Waals surface area contributed by atoms with Crippen molar-refractivity contribution in [3.63, 3.8) is 0 Å². The second kappa shape index (κ2) is 10.7. The maximum atomic E-state index is 13.7. The lowest BCUT2D eigenvalue weighted by Gasteiger charge is -2.18. The Balaban J connectivity index is 1.86. The number of rotatable bonds is 9. The van der Waals surface area contributed by atoms with Crippen LogP contribution in [0.4, 0.5) is 4.39 Å². The Hall–Kier alpha value is -3.18. The van der Waals surface area contributed by atoms with Gasteiger partial charge in [0.25, 0.3) is 11.8 Å². The SMILES string of the molecule is CCOc1ccc(OC(C)C(=O)NNC(=O)[C@H](C)NS(=O)(=O)c2ccccc2F)cc1. The Morgan fingerprint density at radius 2 is 1.55 bits per heavy atom. The van der Waals surface area contributed by atoms with E-state index in [0.717, 1.165) is 12.1 Å². The number of carbonyl (C=O) groups excluding carboxylic acids is 2. The monoisotopic (exact) mass is 453 g/mol. The van der Waals surface area contributed by atoms with Gasteiger partial charge in [-0.15, -0.1) is 0 Å². The molecule has 2 rings (SSSR count). The van der Waals surface area contributed by atoms with E-state index in [9.17, 15) is 22.4 Å². The molecule has 2 aromatic carbocycles. The summed E-state index contributed by atoms with van der Waals surface area (Å²) in [4.78, 5) is 23.7. The van der Waals surface area contributed by atoms with E-state index in [4.69, 9.17) is 9.47 Å². The lowest BCUT2D eigenvalue weighted by Crippen LogP contribution is -2.53. The van der Waals surface area contributed by atoms with E-state index in [1.807, 2.05) is 11.6 Å². The quantitative estimate of drug-likeness (QED) is 0.495. The molecule has 2 aromatic rings. The summed E-state index contributed by atoms with van der Waals surface area (Å²) in [5.74, 6) is -1.38. The fourth-order valence-electron chi connectivity index (χ4n) is 2.38. The van der Waals surface area contributed by atoms with Crippen LogP contribution in [0.15, 0.2) is 53.4 Å². The van der Waals surface area contributed by atoms with Crippen LogP contribution in [0.1, 0.15) is 20.8 Å². The molecule has 9 nitrogen and oxygen atoms in total. The normalized spacial score (nSPS) is 13.0. The molecule has 3 N–H and O–H groups in total. The maximum absolute atomic E-state index is 13.7. The summed E-state index contributed by atoms with van der Waals surface area (Å²) in [7, 11) is -4.27. The Bertz CT molecular complexity index is 1010. The zero-order valence-electron chi connectivity index (χ0n) is 17.2. The molecule has 11 heteroatoms. The van der Waals surface area contributed by atoms with Crippen molar-refractivity contribution in [3.8, 4) is 11.5 Å². The van der Waals surface area contributed by atoms with Crippen LogP contribution in [0.25, 0.3) is 0 Å². The Kier molecular flexibility index (Phi) is 8.34. The first-order valence-electron chi connectivity index (χ1n) is 9.40. The number of amides is 2. The van der Waals surface area contributed by atoms with Gasteiger partial charge in [-0.3, -0.25) is 20.4 Å². The molecular formula is C20H24FN3O6S. The molecule has 0 aliphatic heterocycles. The molecule has 0 spiro atoms. The van der Waals surface area contributed by atoms with Gasteiger partial charge in [0.15, 0.2) is 6.10 Å². The average molecular weight is 453 g/mol. The Morgan fingerprint density at radius 1 is 0.968 bits per heavy atom. The number of hydrogen-bond donors (Lipinski definition) is 3. The highest BCUT2D eigenvalue weighted by molar-refractivity contribution is 7.89. The van der Waals surface area contributed by atoms with E-state index >= 15 is 0 Å². The van der Waals surface area contributed by atoms with E-state index < -0.39 is 44.7 Å². The molecule has 31 heavy (non-hydrogen) atoms. The number of halogens is 1. The molecule has 1 unspecified atom stereocenters. The van der Waals surface area contributed by atoms with Gasteiger partial charge in [-0.1, -0.05) is 12.1 Å². The summed E-state index contributed by atoms with van der Waals surface area (Å²) in [6.07, 6.45) is -0.955. The van der Waals surface area contributed by atoms with Crippen molar-refractivity contribution in [2.45, 2.75) is 37.8 Å². The first-order chi connectivity index (χ1) is 14.6. The maximum Gasteiger partial charge on any atom is 0.279 e. The van der Waals surface area contributed by atoms with Crippen molar-refractivity contribution in [2.75, 3.05) is 6.61 Å². The summed E-state index contributed by atoms with van der Waals surface area (Å²) >= 11 is 0. The van der Waals surface area contributed by atoms with Crippen molar-refractivity contribution in [3.05, 3.63) is 54.3 Å². The second-order valence-corrected chi connectivity index (χ2v) is 8.10. The highest BCUT2D eigenvalue weighted by Gasteiger charge is 2.25. The Labute approximate surface area is 180 Å². The van der Waals surface area contributed by atoms with Gasteiger partial charge in [0.05, 0.1) is 12.6 Å². The third-order valence-electron chi connectivity index (χ3n) is 3.98. The van der Waals surface area contributed by atoms with Crippen LogP contribution in [0.3, 0.4) is 0 Å². The molecule has 0 saturated carbocycles. The van der Waals surface area contributed by atoms with Crippen LogP contribution in [-0.2, 0) is 19.6 Å². The van der Waals surface area contributed by atoms with Crippen LogP contribution in [0, 0.1) is 5.82 Å². The smallest absolute Gasteiger partial charge is 0.279 e. The molecule has 0 radical (unpaired) electrons. The van der Waals surface area contributed by atoms with Gasteiger partial charge in [0.1, 0.15) is 22.2 Å². The van der Waals surface area contributed by atoms with Gasteiger partial charge >= 0.3 is 0 Å². The van der Waals surface area contributed by atoms with E-state index in [2.05, 4.69) is 10.9 Å². The van der Waals surface area contributed by atoms with Gasteiger partial charge in [-0.2, -0.15) is 4.72 Å². The third kappa shape index (κ3) is 6.93. The van der Waals surface area contributed by atoms with Gasteiger partial charge < -0.3 is 9.47 Å². The molecule has 0 aliphatic rings. The first-order valence-corrected chi connectivity index (χ1v) is 10.9. The van der Waals surface area contributed by atoms with Crippen molar-refractivity contribution >= 4 is 21.8 Å². The van der Waals surface area contributed by atoms with Gasteiger partial charge in [0.2, 0.25) is 10.0 Å². The topological polar surface area (TPSA) is 123 Å². The molecule has 0 bridgehead atoms. The molecule has 0 saturated heterocycles. The molecular weight excluding hydrogens is 429 g/mol. The highest BCUT2D eigenvalue weighted by atomic mass is 32.2. The number of hydrogen-bond acceptors (Lipinski definition) is 6. The first kappa shape index (κ1) is 24.1. The van der Waals surface area contributed by atoms with Crippen molar-refractivity contribution < 1.29 is 31.9 Å². The average Bonchev–Trinajstić information content (AvgIpc) is 2.73. The zero-order valence-corrected chi connectivity index (χ0v) is 18.0. The molecule has 0 aromatic heterocycles. The number of ether oxygens (including phenoxy) is 2. The predicted molar refractivity (Wildman–Crippen MR) is 110 cm³/mol.